The Morgan fingerprint density at radius 2 is 1.58 bits per heavy atom. The fourth-order valence-corrected chi connectivity index (χ4v) is 5.35. The zero-order valence-electron chi connectivity index (χ0n) is 17.3. The number of nitrogens with one attached hydrogen (secondary N) is 1. The van der Waals surface area contributed by atoms with Gasteiger partial charge in [0, 0.05) is 18.8 Å². The van der Waals surface area contributed by atoms with Gasteiger partial charge in [-0.15, -0.1) is 0 Å². The monoisotopic (exact) mass is 467 g/mol. The molecule has 1 aliphatic heterocycles. The number of hydrogen-bond donors (Lipinski definition) is 1. The van der Waals surface area contributed by atoms with Gasteiger partial charge in [-0.25, -0.2) is 16.8 Å². The summed E-state index contributed by atoms with van der Waals surface area (Å²) in [4.78, 5) is 12.6. The van der Waals surface area contributed by atoms with Crippen molar-refractivity contribution in [2.45, 2.75) is 11.8 Å². The normalized spacial score (nSPS) is 15.4. The largest absolute Gasteiger partial charge is 0.379 e. The van der Waals surface area contributed by atoms with Crippen molar-refractivity contribution in [1.29, 1.82) is 0 Å². The molecule has 0 saturated carbocycles. The van der Waals surface area contributed by atoms with Gasteiger partial charge in [0.05, 0.1) is 30.1 Å². The minimum atomic E-state index is -3.68. The third kappa shape index (κ3) is 5.82. The Kier molecular flexibility index (Phi) is 6.99. The number of nitrogens with zero attached hydrogens (tertiary/aromatic N) is 2. The molecule has 0 bridgehead atoms. The highest BCUT2D eigenvalue weighted by atomic mass is 32.2. The van der Waals surface area contributed by atoms with Gasteiger partial charge < -0.3 is 10.1 Å². The van der Waals surface area contributed by atoms with E-state index in [1.54, 1.807) is 24.3 Å². The lowest BCUT2D eigenvalue weighted by atomic mass is 10.2. The molecule has 3 rings (SSSR count). The number of rotatable bonds is 7. The summed E-state index contributed by atoms with van der Waals surface area (Å²) >= 11 is 0. The van der Waals surface area contributed by atoms with Crippen LogP contribution in [-0.2, 0) is 29.6 Å². The van der Waals surface area contributed by atoms with E-state index in [2.05, 4.69) is 5.32 Å². The molecule has 1 heterocycles. The van der Waals surface area contributed by atoms with Gasteiger partial charge >= 0.3 is 0 Å². The minimum absolute atomic E-state index is 0.116. The second-order valence-corrected chi connectivity index (χ2v) is 11.0. The molecule has 2 aromatic rings. The molecule has 1 fully saturated rings. The SMILES string of the molecule is Cc1ccc(N(CC(=O)Nc2ccc(S(=O)(=O)N3CCOCC3)cc2)S(C)(=O)=O)cc1. The number of morpholine rings is 1. The van der Waals surface area contributed by atoms with E-state index in [1.807, 2.05) is 6.92 Å². The quantitative estimate of drug-likeness (QED) is 0.659. The van der Waals surface area contributed by atoms with Gasteiger partial charge in [0.15, 0.2) is 0 Å². The predicted molar refractivity (Wildman–Crippen MR) is 118 cm³/mol. The number of amides is 1. The summed E-state index contributed by atoms with van der Waals surface area (Å²) in [5.41, 5.74) is 1.72. The van der Waals surface area contributed by atoms with Crippen LogP contribution in [-0.4, -0.2) is 66.2 Å². The van der Waals surface area contributed by atoms with Crippen molar-refractivity contribution in [3.63, 3.8) is 0 Å². The second-order valence-electron chi connectivity index (χ2n) is 7.19. The van der Waals surface area contributed by atoms with Crippen LogP contribution in [0.5, 0.6) is 0 Å². The molecule has 0 unspecified atom stereocenters. The molecular weight excluding hydrogens is 442 g/mol. The highest BCUT2D eigenvalue weighted by Crippen LogP contribution is 2.21. The summed E-state index contributed by atoms with van der Waals surface area (Å²) in [6.07, 6.45) is 1.03. The molecule has 0 aromatic heterocycles. The second kappa shape index (κ2) is 9.35. The van der Waals surface area contributed by atoms with Gasteiger partial charge in [-0.05, 0) is 43.3 Å². The fourth-order valence-electron chi connectivity index (χ4n) is 3.09. The maximum absolute atomic E-state index is 12.7. The number of anilines is 2. The zero-order chi connectivity index (χ0) is 22.6. The summed E-state index contributed by atoms with van der Waals surface area (Å²) in [7, 11) is -7.31. The Balaban J connectivity index is 1.70. The molecule has 9 nitrogen and oxygen atoms in total. The third-order valence-corrected chi connectivity index (χ3v) is 7.81. The van der Waals surface area contributed by atoms with Crippen molar-refractivity contribution >= 4 is 37.3 Å². The molecule has 1 N–H and O–H groups in total. The zero-order valence-corrected chi connectivity index (χ0v) is 18.9. The Bertz CT molecular complexity index is 1120. The van der Waals surface area contributed by atoms with Crippen molar-refractivity contribution in [2.24, 2.45) is 0 Å². The number of ether oxygens (including phenoxy) is 1. The van der Waals surface area contributed by atoms with Crippen molar-refractivity contribution in [3.8, 4) is 0 Å². The number of aryl methyl sites for hydroxylation is 1. The smallest absolute Gasteiger partial charge is 0.245 e. The summed E-state index contributed by atoms with van der Waals surface area (Å²) in [5, 5.41) is 2.61. The van der Waals surface area contributed by atoms with Gasteiger partial charge in [0.25, 0.3) is 0 Å². The molecule has 31 heavy (non-hydrogen) atoms. The standard InChI is InChI=1S/C20H25N3O6S2/c1-16-3-7-18(8-4-16)23(30(2,25)26)15-20(24)21-17-5-9-19(10-6-17)31(27,28)22-11-13-29-14-12-22/h3-10H,11-15H2,1-2H3,(H,21,24). The van der Waals surface area contributed by atoms with Gasteiger partial charge in [0.2, 0.25) is 26.0 Å². The molecule has 0 aliphatic carbocycles. The first-order valence-corrected chi connectivity index (χ1v) is 12.9. The maximum atomic E-state index is 12.7. The van der Waals surface area contributed by atoms with E-state index in [0.717, 1.165) is 16.1 Å². The van der Waals surface area contributed by atoms with Crippen molar-refractivity contribution in [1.82, 2.24) is 4.31 Å². The first-order chi connectivity index (χ1) is 14.6. The van der Waals surface area contributed by atoms with Crippen LogP contribution < -0.4 is 9.62 Å². The van der Waals surface area contributed by atoms with Crippen molar-refractivity contribution < 1.29 is 26.4 Å². The molecule has 1 amide bonds. The Morgan fingerprint density at radius 3 is 2.13 bits per heavy atom. The van der Waals surface area contributed by atoms with Crippen LogP contribution >= 0.6 is 0 Å². The van der Waals surface area contributed by atoms with Gasteiger partial charge in [-0.2, -0.15) is 4.31 Å². The lowest BCUT2D eigenvalue weighted by Crippen LogP contribution is -2.40. The highest BCUT2D eigenvalue weighted by molar-refractivity contribution is 7.92. The van der Waals surface area contributed by atoms with Crippen LogP contribution in [0.3, 0.4) is 0 Å². The van der Waals surface area contributed by atoms with Crippen LogP contribution in [0, 0.1) is 6.92 Å². The molecule has 2 aromatic carbocycles. The fraction of sp³-hybridized carbons (Fsp3) is 0.350. The van der Waals surface area contributed by atoms with Gasteiger partial charge in [-0.3, -0.25) is 9.10 Å². The summed E-state index contributed by atoms with van der Waals surface area (Å²) in [6, 6.07) is 12.6. The van der Waals surface area contributed by atoms with Crippen LogP contribution in [0.2, 0.25) is 0 Å². The summed E-state index contributed by atoms with van der Waals surface area (Å²) < 4.78 is 57.2. The molecule has 0 radical (unpaired) electrons. The summed E-state index contributed by atoms with van der Waals surface area (Å²) in [5.74, 6) is -0.546. The van der Waals surface area contributed by atoms with E-state index in [1.165, 1.54) is 28.6 Å². The van der Waals surface area contributed by atoms with Crippen molar-refractivity contribution in [3.05, 3.63) is 54.1 Å². The number of carbonyl (C=O) groups is 1. The first kappa shape index (κ1) is 23.2. The molecule has 1 aliphatic rings. The maximum Gasteiger partial charge on any atom is 0.245 e. The van der Waals surface area contributed by atoms with E-state index >= 15 is 0 Å². The Labute approximate surface area is 182 Å². The van der Waals surface area contributed by atoms with E-state index in [0.29, 0.717) is 37.7 Å². The number of carbonyl (C=O) groups excluding carboxylic acids is 1. The summed E-state index contributed by atoms with van der Waals surface area (Å²) in [6.45, 7) is 2.76. The molecule has 0 spiro atoms. The average molecular weight is 468 g/mol. The number of sulfonamides is 2. The van der Waals surface area contributed by atoms with E-state index < -0.39 is 32.5 Å². The highest BCUT2D eigenvalue weighted by Gasteiger charge is 2.26. The molecule has 168 valence electrons. The van der Waals surface area contributed by atoms with Gasteiger partial charge in [0.1, 0.15) is 6.54 Å². The van der Waals surface area contributed by atoms with Crippen molar-refractivity contribution in [2.75, 3.05) is 48.7 Å². The van der Waals surface area contributed by atoms with Gasteiger partial charge in [-0.1, -0.05) is 17.7 Å². The topological polar surface area (TPSA) is 113 Å². The molecule has 1 saturated heterocycles. The lowest BCUT2D eigenvalue weighted by Gasteiger charge is -2.26. The number of hydrogen-bond acceptors (Lipinski definition) is 6. The third-order valence-electron chi connectivity index (χ3n) is 4.76. The van der Waals surface area contributed by atoms with E-state index in [4.69, 9.17) is 4.74 Å². The van der Waals surface area contributed by atoms with Crippen LogP contribution in [0.1, 0.15) is 5.56 Å². The van der Waals surface area contributed by atoms with Crippen LogP contribution in [0.15, 0.2) is 53.4 Å². The number of benzene rings is 2. The van der Waals surface area contributed by atoms with Crippen LogP contribution in [0.25, 0.3) is 0 Å². The van der Waals surface area contributed by atoms with E-state index in [-0.39, 0.29) is 4.90 Å². The minimum Gasteiger partial charge on any atom is -0.379 e. The van der Waals surface area contributed by atoms with Crippen LogP contribution in [0.4, 0.5) is 11.4 Å². The molecule has 11 heteroatoms. The first-order valence-electron chi connectivity index (χ1n) is 9.59. The molecule has 0 atom stereocenters. The van der Waals surface area contributed by atoms with E-state index in [9.17, 15) is 21.6 Å². The lowest BCUT2D eigenvalue weighted by molar-refractivity contribution is -0.114. The predicted octanol–water partition coefficient (Wildman–Crippen LogP) is 1.42. The average Bonchev–Trinajstić information content (AvgIpc) is 2.73. The molecular formula is C20H25N3O6S2. The Hall–Kier alpha value is -2.47. The Morgan fingerprint density at radius 1 is 1.00 bits per heavy atom.